The van der Waals surface area contributed by atoms with E-state index in [2.05, 4.69) is 20.7 Å². The van der Waals surface area contributed by atoms with Crippen molar-refractivity contribution >= 4 is 23.9 Å². The van der Waals surface area contributed by atoms with Crippen LogP contribution in [0.15, 0.2) is 77.0 Å². The number of rotatable bonds is 10. The summed E-state index contributed by atoms with van der Waals surface area (Å²) in [6, 6.07) is 21.3. The molecule has 0 aliphatic heterocycles. The minimum atomic E-state index is -0.299. The summed E-state index contributed by atoms with van der Waals surface area (Å²) < 4.78 is 18.0. The highest BCUT2D eigenvalue weighted by Gasteiger charge is 2.17. The van der Waals surface area contributed by atoms with E-state index in [-0.39, 0.29) is 11.7 Å². The van der Waals surface area contributed by atoms with Gasteiger partial charge in [-0.2, -0.15) is 5.10 Å². The van der Waals surface area contributed by atoms with Gasteiger partial charge in [-0.25, -0.2) is 5.43 Å². The van der Waals surface area contributed by atoms with Crippen molar-refractivity contribution in [3.05, 3.63) is 77.9 Å². The lowest BCUT2D eigenvalue weighted by atomic mass is 10.2. The number of benzene rings is 3. The fraction of sp³-hybridized carbons (Fsp3) is 0.185. The molecule has 1 heterocycles. The highest BCUT2D eigenvalue weighted by Crippen LogP contribution is 2.32. The highest BCUT2D eigenvalue weighted by atomic mass is 32.2. The summed E-state index contributed by atoms with van der Waals surface area (Å²) in [6.45, 7) is 2.03. The molecule has 0 spiro atoms. The molecule has 0 atom stereocenters. The number of hydrogen-bond acceptors (Lipinski definition) is 8. The number of hydrazone groups is 1. The first-order valence-corrected chi connectivity index (χ1v) is 12.3. The van der Waals surface area contributed by atoms with Gasteiger partial charge in [-0.3, -0.25) is 9.36 Å². The predicted molar refractivity (Wildman–Crippen MR) is 144 cm³/mol. The molecule has 9 nitrogen and oxygen atoms in total. The maximum atomic E-state index is 12.6. The van der Waals surface area contributed by atoms with Crippen molar-refractivity contribution in [2.45, 2.75) is 12.1 Å². The molecule has 4 aromatic rings. The molecule has 0 fully saturated rings. The molecule has 0 bridgehead atoms. The van der Waals surface area contributed by atoms with Crippen LogP contribution in [0.3, 0.4) is 0 Å². The maximum Gasteiger partial charge on any atom is 0.250 e. The molecule has 0 aliphatic rings. The highest BCUT2D eigenvalue weighted by molar-refractivity contribution is 7.99. The molecular formula is C27H27N5O4S. The molecule has 10 heteroatoms. The van der Waals surface area contributed by atoms with Crippen LogP contribution in [0.25, 0.3) is 17.1 Å². The van der Waals surface area contributed by atoms with Crippen LogP contribution in [0.4, 0.5) is 0 Å². The van der Waals surface area contributed by atoms with E-state index in [9.17, 15) is 4.79 Å². The van der Waals surface area contributed by atoms with Crippen molar-refractivity contribution in [2.75, 3.05) is 27.1 Å². The fourth-order valence-corrected chi connectivity index (χ4v) is 4.30. The second-order valence-corrected chi connectivity index (χ2v) is 8.81. The van der Waals surface area contributed by atoms with E-state index >= 15 is 0 Å². The number of hydrogen-bond donors (Lipinski definition) is 1. The van der Waals surface area contributed by atoms with Gasteiger partial charge in [-0.15, -0.1) is 10.2 Å². The van der Waals surface area contributed by atoms with E-state index in [4.69, 9.17) is 14.2 Å². The number of aromatic nitrogens is 3. The third-order valence-electron chi connectivity index (χ3n) is 5.43. The Morgan fingerprint density at radius 3 is 2.27 bits per heavy atom. The Morgan fingerprint density at radius 2 is 1.65 bits per heavy atom. The van der Waals surface area contributed by atoms with Gasteiger partial charge in [-0.1, -0.05) is 59.8 Å². The summed E-state index contributed by atoms with van der Waals surface area (Å²) in [5, 5.41) is 13.5. The monoisotopic (exact) mass is 517 g/mol. The number of amides is 1. The Bertz CT molecular complexity index is 1360. The van der Waals surface area contributed by atoms with Crippen LogP contribution in [0.2, 0.25) is 0 Å². The number of carbonyl (C=O) groups is 1. The van der Waals surface area contributed by atoms with Crippen LogP contribution < -0.4 is 19.6 Å². The average Bonchev–Trinajstić information content (AvgIpc) is 3.36. The molecule has 3 aromatic carbocycles. The standard InChI is InChI=1S/C27H27N5O4S/c1-18-10-12-20(13-11-18)32-26(19-8-6-5-7-9-19)30-31-27(32)37-17-25(33)29-28-16-22-23(35-3)14-21(34-2)15-24(22)36-4/h5-16H,17H2,1-4H3,(H,29,33)/b28-16-. The zero-order valence-corrected chi connectivity index (χ0v) is 21.8. The molecular weight excluding hydrogens is 490 g/mol. The van der Waals surface area contributed by atoms with Crippen LogP contribution in [-0.2, 0) is 4.79 Å². The summed E-state index contributed by atoms with van der Waals surface area (Å²) in [5.41, 5.74) is 6.11. The van der Waals surface area contributed by atoms with Crippen molar-refractivity contribution in [1.29, 1.82) is 0 Å². The summed E-state index contributed by atoms with van der Waals surface area (Å²) in [4.78, 5) is 12.6. The molecule has 1 N–H and O–H groups in total. The van der Waals surface area contributed by atoms with Gasteiger partial charge in [0.1, 0.15) is 17.2 Å². The van der Waals surface area contributed by atoms with Gasteiger partial charge in [0.25, 0.3) is 5.91 Å². The molecule has 0 unspecified atom stereocenters. The average molecular weight is 518 g/mol. The second kappa shape index (κ2) is 12.1. The minimum absolute atomic E-state index is 0.0903. The molecule has 0 aliphatic carbocycles. The summed E-state index contributed by atoms with van der Waals surface area (Å²) in [6.07, 6.45) is 1.47. The minimum Gasteiger partial charge on any atom is -0.496 e. The van der Waals surface area contributed by atoms with E-state index in [1.54, 1.807) is 19.2 Å². The molecule has 4 rings (SSSR count). The molecule has 1 aromatic heterocycles. The number of nitrogens with zero attached hydrogens (tertiary/aromatic N) is 4. The number of nitrogens with one attached hydrogen (secondary N) is 1. The molecule has 190 valence electrons. The topological polar surface area (TPSA) is 99.9 Å². The molecule has 0 radical (unpaired) electrons. The second-order valence-electron chi connectivity index (χ2n) is 7.87. The van der Waals surface area contributed by atoms with Crippen LogP contribution in [0.5, 0.6) is 17.2 Å². The first-order chi connectivity index (χ1) is 18.0. The van der Waals surface area contributed by atoms with Crippen molar-refractivity contribution in [3.8, 4) is 34.3 Å². The van der Waals surface area contributed by atoms with Gasteiger partial charge in [-0.05, 0) is 19.1 Å². The van der Waals surface area contributed by atoms with Gasteiger partial charge >= 0.3 is 0 Å². The Morgan fingerprint density at radius 1 is 0.973 bits per heavy atom. The maximum absolute atomic E-state index is 12.6. The Kier molecular flexibility index (Phi) is 8.42. The SMILES string of the molecule is COc1cc(OC)c(/C=N\NC(=O)CSc2nnc(-c3ccccc3)n2-c2ccc(C)cc2)c(OC)c1. The zero-order valence-electron chi connectivity index (χ0n) is 21.0. The smallest absolute Gasteiger partial charge is 0.250 e. The Hall–Kier alpha value is -4.31. The van der Waals surface area contributed by atoms with Crippen molar-refractivity contribution in [3.63, 3.8) is 0 Å². The molecule has 37 heavy (non-hydrogen) atoms. The zero-order chi connectivity index (χ0) is 26.2. The lowest BCUT2D eigenvalue weighted by molar-refractivity contribution is -0.118. The Balaban J connectivity index is 1.50. The van der Waals surface area contributed by atoms with Gasteiger partial charge in [0.15, 0.2) is 11.0 Å². The number of aryl methyl sites for hydroxylation is 1. The van der Waals surface area contributed by atoms with Crippen molar-refractivity contribution in [1.82, 2.24) is 20.2 Å². The normalized spacial score (nSPS) is 10.9. The number of ether oxygens (including phenoxy) is 3. The lowest BCUT2D eigenvalue weighted by Gasteiger charge is -2.12. The molecule has 1 amide bonds. The predicted octanol–water partition coefficient (Wildman–Crippen LogP) is 4.51. The third-order valence-corrected chi connectivity index (χ3v) is 6.35. The van der Waals surface area contributed by atoms with E-state index < -0.39 is 0 Å². The van der Waals surface area contributed by atoms with Crippen LogP contribution in [0.1, 0.15) is 11.1 Å². The van der Waals surface area contributed by atoms with Gasteiger partial charge in [0.05, 0.1) is 38.9 Å². The lowest BCUT2D eigenvalue weighted by Crippen LogP contribution is -2.20. The van der Waals surface area contributed by atoms with E-state index in [0.29, 0.717) is 33.8 Å². The quantitative estimate of drug-likeness (QED) is 0.188. The van der Waals surface area contributed by atoms with Crippen molar-refractivity contribution in [2.24, 2.45) is 5.10 Å². The first-order valence-electron chi connectivity index (χ1n) is 11.4. The van der Waals surface area contributed by atoms with E-state index in [1.165, 1.54) is 32.2 Å². The Labute approximate surface area is 219 Å². The van der Waals surface area contributed by atoms with Gasteiger partial charge in [0, 0.05) is 23.4 Å². The third kappa shape index (κ3) is 6.10. The van der Waals surface area contributed by atoms with Crippen LogP contribution >= 0.6 is 11.8 Å². The number of carbonyl (C=O) groups excluding carboxylic acids is 1. The summed E-state index contributed by atoms with van der Waals surface area (Å²) in [7, 11) is 4.63. The summed E-state index contributed by atoms with van der Waals surface area (Å²) in [5.74, 6) is 2.08. The summed E-state index contributed by atoms with van der Waals surface area (Å²) >= 11 is 1.27. The van der Waals surface area contributed by atoms with E-state index in [0.717, 1.165) is 16.8 Å². The van der Waals surface area contributed by atoms with Crippen LogP contribution in [0, 0.1) is 6.92 Å². The largest absolute Gasteiger partial charge is 0.496 e. The first kappa shape index (κ1) is 25.8. The number of methoxy groups -OCH3 is 3. The number of thioether (sulfide) groups is 1. The van der Waals surface area contributed by atoms with Crippen LogP contribution in [-0.4, -0.2) is 54.0 Å². The molecule has 0 saturated carbocycles. The molecule has 0 saturated heterocycles. The van der Waals surface area contributed by atoms with Crippen molar-refractivity contribution < 1.29 is 19.0 Å². The fourth-order valence-electron chi connectivity index (χ4n) is 3.56. The van der Waals surface area contributed by atoms with Gasteiger partial charge < -0.3 is 14.2 Å². The van der Waals surface area contributed by atoms with Gasteiger partial charge in [0.2, 0.25) is 0 Å². The van der Waals surface area contributed by atoms with E-state index in [1.807, 2.05) is 66.1 Å².